The lowest BCUT2D eigenvalue weighted by Crippen LogP contribution is -2.52. The highest BCUT2D eigenvalue weighted by Gasteiger charge is 2.50. The minimum absolute atomic E-state index is 0.0546. The first-order chi connectivity index (χ1) is 18.7. The van der Waals surface area contributed by atoms with Crippen LogP contribution in [0.3, 0.4) is 0 Å². The van der Waals surface area contributed by atoms with Crippen molar-refractivity contribution in [3.8, 4) is 11.5 Å². The second-order valence-corrected chi connectivity index (χ2v) is 9.94. The molecule has 3 atom stereocenters. The molecule has 4 rings (SSSR count). The van der Waals surface area contributed by atoms with Crippen LogP contribution in [0.25, 0.3) is 0 Å². The largest absolute Gasteiger partial charge is 0.493 e. The molecule has 0 unspecified atom stereocenters. The minimum Gasteiger partial charge on any atom is -0.493 e. The van der Waals surface area contributed by atoms with Crippen molar-refractivity contribution < 1.29 is 46.1 Å². The maximum Gasteiger partial charge on any atom is 0.490 e. The topological polar surface area (TPSA) is 100 Å². The van der Waals surface area contributed by atoms with Gasteiger partial charge in [-0.25, -0.2) is 18.4 Å². The maximum atomic E-state index is 14.0. The van der Waals surface area contributed by atoms with E-state index in [2.05, 4.69) is 34.7 Å². The molecule has 0 aromatic heterocycles. The number of ether oxygens (including phenoxy) is 2. The van der Waals surface area contributed by atoms with Gasteiger partial charge in [-0.15, -0.1) is 0 Å². The summed E-state index contributed by atoms with van der Waals surface area (Å²) in [5.41, 5.74) is 0.787. The number of rotatable bonds is 5. The summed E-state index contributed by atoms with van der Waals surface area (Å²) < 4.78 is 70.4. The highest BCUT2D eigenvalue weighted by molar-refractivity contribution is 6.33. The van der Waals surface area contributed by atoms with Crippen molar-refractivity contribution in [3.63, 3.8) is 0 Å². The standard InChI is InChI=1S/C24H28ClF2N3O3.C2HF3O2/c1-30-11-10-24(14-4-7-18(32-2)19(12-14)33-3)9-8-15(13-20(24)30)28-23(31)29-22-17(27)6-5-16(26)21(22)25;3-2(4,5)1(6)7/h4-7,12,15,20H,8-11,13H2,1-3H3,(H2,28,29,31);(H,6,7)/t15-,20+,24+;/m1./s1. The number of benzene rings is 2. The zero-order chi connectivity index (χ0) is 29.8. The van der Waals surface area contributed by atoms with Gasteiger partial charge in [0, 0.05) is 17.5 Å². The van der Waals surface area contributed by atoms with Crippen LogP contribution in [0.5, 0.6) is 11.5 Å². The number of halogens is 6. The second kappa shape index (κ2) is 12.5. The van der Waals surface area contributed by atoms with Crippen molar-refractivity contribution in [2.24, 2.45) is 0 Å². The van der Waals surface area contributed by atoms with Crippen molar-refractivity contribution in [1.29, 1.82) is 0 Å². The number of carboxylic acids is 1. The SMILES string of the molecule is COc1ccc([C@@]23CC[C@@H](NC(=O)Nc4c(F)ccc(F)c4Cl)C[C@@H]2N(C)CC3)cc1OC.O=C(O)C(F)(F)F. The molecule has 14 heteroatoms. The highest BCUT2D eigenvalue weighted by Crippen LogP contribution is 2.50. The molecule has 220 valence electrons. The van der Waals surface area contributed by atoms with E-state index in [0.717, 1.165) is 44.4 Å². The van der Waals surface area contributed by atoms with Crippen LogP contribution in [0.2, 0.25) is 5.02 Å². The number of likely N-dealkylation sites (tertiary alicyclic amines) is 1. The fourth-order valence-electron chi connectivity index (χ4n) is 5.37. The Morgan fingerprint density at radius 2 is 1.70 bits per heavy atom. The molecule has 2 amide bonds. The Hall–Kier alpha value is -3.32. The van der Waals surface area contributed by atoms with E-state index in [1.165, 1.54) is 5.56 Å². The van der Waals surface area contributed by atoms with E-state index >= 15 is 0 Å². The van der Waals surface area contributed by atoms with Crippen molar-refractivity contribution >= 4 is 29.3 Å². The third-order valence-corrected chi connectivity index (χ3v) is 7.72. The Labute approximate surface area is 232 Å². The van der Waals surface area contributed by atoms with Gasteiger partial charge in [-0.3, -0.25) is 0 Å². The van der Waals surface area contributed by atoms with E-state index in [1.54, 1.807) is 14.2 Å². The Morgan fingerprint density at radius 3 is 2.30 bits per heavy atom. The van der Waals surface area contributed by atoms with Crippen molar-refractivity contribution in [2.45, 2.75) is 49.4 Å². The van der Waals surface area contributed by atoms with Crippen LogP contribution in [0.4, 0.5) is 32.4 Å². The third kappa shape index (κ3) is 6.69. The summed E-state index contributed by atoms with van der Waals surface area (Å²) in [6.45, 7) is 0.946. The molecule has 1 saturated carbocycles. The monoisotopic (exact) mass is 593 g/mol. The number of aliphatic carboxylic acids is 1. The number of carbonyl (C=O) groups is 2. The van der Waals surface area contributed by atoms with Crippen LogP contribution < -0.4 is 20.1 Å². The first-order valence-electron chi connectivity index (χ1n) is 12.2. The van der Waals surface area contributed by atoms with E-state index in [4.69, 9.17) is 31.0 Å². The van der Waals surface area contributed by atoms with Gasteiger partial charge in [-0.2, -0.15) is 13.2 Å². The van der Waals surface area contributed by atoms with Crippen molar-refractivity contribution in [2.75, 3.05) is 33.1 Å². The summed E-state index contributed by atoms with van der Waals surface area (Å²) in [4.78, 5) is 23.8. The first kappa shape index (κ1) is 31.2. The van der Waals surface area contributed by atoms with Crippen LogP contribution in [0, 0.1) is 11.6 Å². The van der Waals surface area contributed by atoms with Crippen molar-refractivity contribution in [1.82, 2.24) is 10.2 Å². The number of amides is 2. The Kier molecular flexibility index (Phi) is 9.72. The predicted molar refractivity (Wildman–Crippen MR) is 137 cm³/mol. The highest BCUT2D eigenvalue weighted by atomic mass is 35.5. The van der Waals surface area contributed by atoms with Gasteiger partial charge in [0.2, 0.25) is 0 Å². The normalized spacial score (nSPS) is 22.4. The number of likely N-dealkylation sites (N-methyl/N-ethyl adjacent to an activating group) is 1. The lowest BCUT2D eigenvalue weighted by molar-refractivity contribution is -0.192. The van der Waals surface area contributed by atoms with Gasteiger partial charge in [0.05, 0.1) is 14.2 Å². The molecular formula is C26H29ClF5N3O5. The number of alkyl halides is 3. The Morgan fingerprint density at radius 1 is 1.07 bits per heavy atom. The first-order valence-corrected chi connectivity index (χ1v) is 12.5. The number of methoxy groups -OCH3 is 2. The van der Waals surface area contributed by atoms with Crippen molar-refractivity contribution in [3.05, 3.63) is 52.6 Å². The third-order valence-electron chi connectivity index (χ3n) is 7.35. The van der Waals surface area contributed by atoms with Crippen LogP contribution in [0.1, 0.15) is 31.2 Å². The fourth-order valence-corrected chi connectivity index (χ4v) is 5.57. The molecule has 2 aliphatic rings. The van der Waals surface area contributed by atoms with Gasteiger partial charge >= 0.3 is 18.2 Å². The van der Waals surface area contributed by atoms with E-state index in [1.807, 2.05) is 6.07 Å². The summed E-state index contributed by atoms with van der Waals surface area (Å²) in [5, 5.41) is 12.0. The van der Waals surface area contributed by atoms with Gasteiger partial charge in [0.15, 0.2) is 11.5 Å². The number of carboxylic acid groups (broad SMARTS) is 1. The van der Waals surface area contributed by atoms with Crippen LogP contribution >= 0.6 is 11.6 Å². The maximum absolute atomic E-state index is 14.0. The predicted octanol–water partition coefficient (Wildman–Crippen LogP) is 5.58. The van der Waals surface area contributed by atoms with E-state index in [0.29, 0.717) is 11.5 Å². The quantitative estimate of drug-likeness (QED) is 0.309. The summed E-state index contributed by atoms with van der Waals surface area (Å²) in [7, 11) is 5.34. The number of hydrogen-bond donors (Lipinski definition) is 3. The number of carbonyl (C=O) groups excluding carboxylic acids is 1. The molecule has 1 aliphatic carbocycles. The number of nitrogens with one attached hydrogen (secondary N) is 2. The van der Waals surface area contributed by atoms with E-state index in [9.17, 15) is 26.7 Å². The molecule has 3 N–H and O–H groups in total. The molecule has 0 radical (unpaired) electrons. The van der Waals surface area contributed by atoms with E-state index in [-0.39, 0.29) is 23.2 Å². The van der Waals surface area contributed by atoms with Crippen LogP contribution in [-0.2, 0) is 10.2 Å². The summed E-state index contributed by atoms with van der Waals surface area (Å²) in [6, 6.07) is 7.44. The van der Waals surface area contributed by atoms with Gasteiger partial charge < -0.3 is 30.1 Å². The van der Waals surface area contributed by atoms with Crippen LogP contribution in [-0.4, -0.2) is 68.1 Å². The van der Waals surface area contributed by atoms with E-state index < -0.39 is 34.8 Å². The van der Waals surface area contributed by atoms with Gasteiger partial charge in [-0.05, 0) is 69.1 Å². The lowest BCUT2D eigenvalue weighted by Gasteiger charge is -2.45. The minimum atomic E-state index is -5.08. The van der Waals surface area contributed by atoms with Gasteiger partial charge in [0.1, 0.15) is 22.3 Å². The molecular weight excluding hydrogens is 565 g/mol. The fraction of sp³-hybridized carbons (Fsp3) is 0.462. The average molecular weight is 594 g/mol. The lowest BCUT2D eigenvalue weighted by atomic mass is 9.65. The zero-order valence-corrected chi connectivity index (χ0v) is 22.6. The molecule has 1 aliphatic heterocycles. The van der Waals surface area contributed by atoms with Crippen LogP contribution in [0.15, 0.2) is 30.3 Å². The molecule has 0 bridgehead atoms. The van der Waals surface area contributed by atoms with Gasteiger partial charge in [-0.1, -0.05) is 17.7 Å². The molecule has 0 spiro atoms. The molecule has 1 saturated heterocycles. The molecule has 40 heavy (non-hydrogen) atoms. The Bertz CT molecular complexity index is 1250. The summed E-state index contributed by atoms with van der Waals surface area (Å²) in [5.74, 6) is -2.95. The average Bonchev–Trinajstić information content (AvgIpc) is 3.25. The molecule has 2 fully saturated rings. The number of anilines is 1. The number of nitrogens with zero attached hydrogens (tertiary/aromatic N) is 1. The molecule has 8 nitrogen and oxygen atoms in total. The number of hydrogen-bond acceptors (Lipinski definition) is 5. The molecule has 2 aromatic rings. The zero-order valence-electron chi connectivity index (χ0n) is 21.9. The number of fused-ring (bicyclic) bond motifs is 1. The Balaban J connectivity index is 0.000000559. The second-order valence-electron chi connectivity index (χ2n) is 9.56. The smallest absolute Gasteiger partial charge is 0.490 e. The summed E-state index contributed by atoms with van der Waals surface area (Å²) >= 11 is 5.83. The molecule has 1 heterocycles. The summed E-state index contributed by atoms with van der Waals surface area (Å²) in [6.07, 6.45) is -1.71. The molecule has 2 aromatic carbocycles. The number of urea groups is 1. The van der Waals surface area contributed by atoms with Gasteiger partial charge in [0.25, 0.3) is 0 Å².